The Bertz CT molecular complexity index is 473. The van der Waals surface area contributed by atoms with Gasteiger partial charge in [-0.25, -0.2) is 0 Å². The van der Waals surface area contributed by atoms with Crippen molar-refractivity contribution >= 4 is 17.6 Å². The first kappa shape index (κ1) is 14.7. The van der Waals surface area contributed by atoms with Gasteiger partial charge >= 0.3 is 6.11 Å². The Hall–Kier alpha value is -1.36. The van der Waals surface area contributed by atoms with Crippen LogP contribution in [0.4, 0.5) is 8.78 Å². The molecule has 1 aromatic rings. The van der Waals surface area contributed by atoms with Crippen molar-refractivity contribution in [3.8, 4) is 5.75 Å². The summed E-state index contributed by atoms with van der Waals surface area (Å²) in [7, 11) is 0. The zero-order valence-corrected chi connectivity index (χ0v) is 10.8. The highest BCUT2D eigenvalue weighted by atomic mass is 35.5. The van der Waals surface area contributed by atoms with E-state index >= 15 is 0 Å². The van der Waals surface area contributed by atoms with Crippen molar-refractivity contribution in [2.75, 3.05) is 0 Å². The van der Waals surface area contributed by atoms with Crippen molar-refractivity contribution in [1.29, 1.82) is 0 Å². The molecule has 0 bridgehead atoms. The molecule has 0 unspecified atom stereocenters. The van der Waals surface area contributed by atoms with Gasteiger partial charge in [-0.3, -0.25) is 0 Å². The number of halogens is 3. The molecule has 0 radical (unpaired) electrons. The van der Waals surface area contributed by atoms with E-state index in [0.29, 0.717) is 16.1 Å². The minimum absolute atomic E-state index is 0.143. The second-order valence-corrected chi connectivity index (χ2v) is 4.61. The molecule has 0 heterocycles. The summed E-state index contributed by atoms with van der Waals surface area (Å²) in [5.74, 6) is -2.93. The molecule has 0 aliphatic carbocycles. The first-order valence-electron chi connectivity index (χ1n) is 5.23. The fraction of sp³-hybridized carbons (Fsp3) is 0.417. The Morgan fingerprint density at radius 2 is 2.00 bits per heavy atom. The lowest BCUT2D eigenvalue weighted by atomic mass is 10.0. The molecule has 0 saturated carbocycles. The number of carbonyl (C=O) groups is 1. The Labute approximate surface area is 108 Å². The molecule has 3 nitrogen and oxygen atoms in total. The molecule has 18 heavy (non-hydrogen) atoms. The molecule has 0 aromatic heterocycles. The van der Waals surface area contributed by atoms with Crippen LogP contribution in [-0.4, -0.2) is 12.1 Å². The van der Waals surface area contributed by atoms with E-state index in [-0.39, 0.29) is 11.7 Å². The van der Waals surface area contributed by atoms with Crippen molar-refractivity contribution in [2.24, 2.45) is 0 Å². The normalized spacial score (nSPS) is 11.7. The molecule has 0 atom stereocenters. The predicted octanol–water partition coefficient (Wildman–Crippen LogP) is 2.49. The van der Waals surface area contributed by atoms with Crippen LogP contribution in [0.2, 0.25) is 5.02 Å². The number of aryl methyl sites for hydroxylation is 1. The Morgan fingerprint density at radius 3 is 2.44 bits per heavy atom. The number of hydrogen-bond donors (Lipinski definition) is 0. The van der Waals surface area contributed by atoms with Crippen LogP contribution in [0.1, 0.15) is 30.9 Å². The number of rotatable bonds is 4. The summed E-state index contributed by atoms with van der Waals surface area (Å²) < 4.78 is 30.2. The van der Waals surface area contributed by atoms with E-state index in [1.807, 2.05) is 0 Å². The largest absolute Gasteiger partial charge is 0.541 e. The van der Waals surface area contributed by atoms with Crippen LogP contribution in [0, 0.1) is 6.92 Å². The van der Waals surface area contributed by atoms with Crippen molar-refractivity contribution in [3.05, 3.63) is 28.3 Å². The highest BCUT2D eigenvalue weighted by Gasteiger charge is 2.35. The van der Waals surface area contributed by atoms with Crippen LogP contribution in [0.25, 0.3) is 0 Å². The minimum atomic E-state index is -4.37. The summed E-state index contributed by atoms with van der Waals surface area (Å²) in [6.07, 6.45) is -4.37. The molecule has 1 rings (SSSR count). The quantitative estimate of drug-likeness (QED) is 0.849. The van der Waals surface area contributed by atoms with Crippen LogP contribution in [0.5, 0.6) is 5.75 Å². The number of carboxylic acid groups (broad SMARTS) is 1. The number of alkyl halides is 2. The third-order valence-electron chi connectivity index (χ3n) is 2.39. The molecular formula is C12H12ClF2O3-. The average molecular weight is 278 g/mol. The highest BCUT2D eigenvalue weighted by Crippen LogP contribution is 2.34. The Balaban J connectivity index is 3.23. The van der Waals surface area contributed by atoms with E-state index in [9.17, 15) is 18.7 Å². The van der Waals surface area contributed by atoms with Gasteiger partial charge in [-0.2, -0.15) is 8.78 Å². The van der Waals surface area contributed by atoms with Crippen LogP contribution in [-0.2, 0) is 4.79 Å². The lowest BCUT2D eigenvalue weighted by Gasteiger charge is -2.22. The standard InChI is InChI=1S/C12H13ClF2O3/c1-6(2)8-5-9(13)7(3)4-10(8)18-12(14,15)11(16)17/h4-6H,1-3H3,(H,16,17)/p-1. The third kappa shape index (κ3) is 3.10. The van der Waals surface area contributed by atoms with Gasteiger partial charge in [-0.05, 0) is 36.1 Å². The summed E-state index contributed by atoms with van der Waals surface area (Å²) in [5.41, 5.74) is 0.928. The van der Waals surface area contributed by atoms with E-state index in [0.717, 1.165) is 0 Å². The van der Waals surface area contributed by atoms with Gasteiger partial charge in [0.25, 0.3) is 0 Å². The number of ether oxygens (including phenoxy) is 1. The van der Waals surface area contributed by atoms with Crippen molar-refractivity contribution < 1.29 is 23.4 Å². The summed E-state index contributed by atoms with van der Waals surface area (Å²) in [6.45, 7) is 5.12. The molecule has 0 aliphatic heterocycles. The molecule has 0 saturated heterocycles. The number of carboxylic acids is 1. The smallest absolute Gasteiger partial charge is 0.441 e. The van der Waals surface area contributed by atoms with Gasteiger partial charge < -0.3 is 14.6 Å². The third-order valence-corrected chi connectivity index (χ3v) is 2.80. The van der Waals surface area contributed by atoms with E-state index in [4.69, 9.17) is 11.6 Å². The number of carbonyl (C=O) groups excluding carboxylic acids is 1. The molecule has 0 spiro atoms. The van der Waals surface area contributed by atoms with Gasteiger partial charge in [0.1, 0.15) is 5.75 Å². The Kier molecular flexibility index (Phi) is 4.16. The van der Waals surface area contributed by atoms with Gasteiger partial charge in [-0.1, -0.05) is 25.4 Å². The molecular weight excluding hydrogens is 266 g/mol. The van der Waals surface area contributed by atoms with Gasteiger partial charge in [0.15, 0.2) is 5.97 Å². The van der Waals surface area contributed by atoms with Crippen LogP contribution in [0.15, 0.2) is 12.1 Å². The van der Waals surface area contributed by atoms with Gasteiger partial charge in [0.2, 0.25) is 0 Å². The number of hydrogen-bond acceptors (Lipinski definition) is 3. The highest BCUT2D eigenvalue weighted by molar-refractivity contribution is 6.31. The number of aliphatic carboxylic acids is 1. The fourth-order valence-electron chi connectivity index (χ4n) is 1.39. The van der Waals surface area contributed by atoms with Crippen LogP contribution < -0.4 is 9.84 Å². The lowest BCUT2D eigenvalue weighted by molar-refractivity contribution is -0.350. The maximum atomic E-state index is 13.0. The van der Waals surface area contributed by atoms with E-state index < -0.39 is 12.1 Å². The molecule has 6 heteroatoms. The van der Waals surface area contributed by atoms with Gasteiger partial charge in [0, 0.05) is 5.02 Å². The summed E-state index contributed by atoms with van der Waals surface area (Å²) in [4.78, 5) is 10.2. The second kappa shape index (κ2) is 5.10. The first-order valence-corrected chi connectivity index (χ1v) is 5.61. The zero-order chi connectivity index (χ0) is 14.1. The average Bonchev–Trinajstić information content (AvgIpc) is 2.22. The van der Waals surface area contributed by atoms with Crippen molar-refractivity contribution in [2.45, 2.75) is 32.8 Å². The molecule has 1 aromatic carbocycles. The van der Waals surface area contributed by atoms with E-state index in [1.54, 1.807) is 20.8 Å². The fourth-order valence-corrected chi connectivity index (χ4v) is 1.56. The van der Waals surface area contributed by atoms with Crippen LogP contribution in [0.3, 0.4) is 0 Å². The topological polar surface area (TPSA) is 49.4 Å². The van der Waals surface area contributed by atoms with E-state index in [2.05, 4.69) is 4.74 Å². The maximum Gasteiger partial charge on any atom is 0.441 e. The monoisotopic (exact) mass is 277 g/mol. The predicted molar refractivity (Wildman–Crippen MR) is 60.9 cm³/mol. The first-order chi connectivity index (χ1) is 8.15. The van der Waals surface area contributed by atoms with Crippen molar-refractivity contribution in [1.82, 2.24) is 0 Å². The molecule has 0 amide bonds. The zero-order valence-electron chi connectivity index (χ0n) is 10.1. The Morgan fingerprint density at radius 1 is 1.44 bits per heavy atom. The maximum absolute atomic E-state index is 13.0. The summed E-state index contributed by atoms with van der Waals surface area (Å²) in [5, 5.41) is 10.7. The molecule has 0 fully saturated rings. The number of benzene rings is 1. The molecule has 0 aliphatic rings. The van der Waals surface area contributed by atoms with Gasteiger partial charge in [-0.15, -0.1) is 0 Å². The molecule has 100 valence electrons. The second-order valence-electron chi connectivity index (χ2n) is 4.20. The SMILES string of the molecule is Cc1cc(OC(F)(F)C(=O)[O-])c(C(C)C)cc1Cl. The van der Waals surface area contributed by atoms with E-state index in [1.165, 1.54) is 12.1 Å². The minimum Gasteiger partial charge on any atom is -0.541 e. The summed E-state index contributed by atoms with van der Waals surface area (Å²) in [6, 6.07) is 2.77. The van der Waals surface area contributed by atoms with Gasteiger partial charge in [0.05, 0.1) is 0 Å². The molecule has 0 N–H and O–H groups in total. The van der Waals surface area contributed by atoms with Crippen LogP contribution >= 0.6 is 11.6 Å². The summed E-state index contributed by atoms with van der Waals surface area (Å²) >= 11 is 5.89. The lowest BCUT2D eigenvalue weighted by Crippen LogP contribution is -2.45. The van der Waals surface area contributed by atoms with Crippen molar-refractivity contribution in [3.63, 3.8) is 0 Å².